The number of hydrogen-bond donors (Lipinski definition) is 2. The van der Waals surface area contributed by atoms with Gasteiger partial charge in [0.05, 0.1) is 9.82 Å². The SMILES string of the molecule is O=C(O)C(=O)O.O=[N+]([O-])c1ccc(S(=O)(=O)N2CCN(C3CC4CCC3C4)CC2)cc1. The fourth-order valence-electron chi connectivity index (χ4n) is 4.82. The molecule has 3 unspecified atom stereocenters. The van der Waals surface area contributed by atoms with E-state index in [1.165, 1.54) is 54.3 Å². The monoisotopic (exact) mass is 455 g/mol. The summed E-state index contributed by atoms with van der Waals surface area (Å²) in [6, 6.07) is 5.80. The van der Waals surface area contributed by atoms with Crippen LogP contribution < -0.4 is 0 Å². The standard InChI is InChI=1S/C17H23N3O4S.C2H2O4/c21-20(22)15-3-5-16(6-4-15)25(23,24)19-9-7-18(8-10-19)17-12-13-1-2-14(17)11-13;3-1(4)2(5)6/h3-6,13-14,17H,1-2,7-12H2;(H,3,4)(H,5,6). The Morgan fingerprint density at radius 2 is 1.55 bits per heavy atom. The molecule has 0 amide bonds. The third-order valence-electron chi connectivity index (χ3n) is 6.31. The molecule has 1 saturated heterocycles. The summed E-state index contributed by atoms with van der Waals surface area (Å²) >= 11 is 0. The van der Waals surface area contributed by atoms with E-state index >= 15 is 0 Å². The second kappa shape index (κ2) is 9.28. The third kappa shape index (κ3) is 5.20. The first kappa shape index (κ1) is 23.1. The fourth-order valence-corrected chi connectivity index (χ4v) is 6.25. The number of nitro groups is 1. The van der Waals surface area contributed by atoms with E-state index in [-0.39, 0.29) is 10.6 Å². The molecule has 0 aromatic heterocycles. The first-order valence-corrected chi connectivity index (χ1v) is 11.5. The Morgan fingerprint density at radius 3 is 1.97 bits per heavy atom. The van der Waals surface area contributed by atoms with Gasteiger partial charge in [0, 0.05) is 44.4 Å². The lowest BCUT2D eigenvalue weighted by Crippen LogP contribution is -2.53. The van der Waals surface area contributed by atoms with E-state index < -0.39 is 26.9 Å². The lowest BCUT2D eigenvalue weighted by Gasteiger charge is -2.40. The molecule has 4 rings (SSSR count). The van der Waals surface area contributed by atoms with Crippen molar-refractivity contribution in [2.75, 3.05) is 26.2 Å². The number of nitro benzene ring substituents is 1. The maximum Gasteiger partial charge on any atom is 0.414 e. The Kier molecular flexibility index (Phi) is 6.92. The minimum atomic E-state index is -3.58. The van der Waals surface area contributed by atoms with Crippen LogP contribution in [0.1, 0.15) is 25.7 Å². The normalized spacial score (nSPS) is 26.1. The highest BCUT2D eigenvalue weighted by molar-refractivity contribution is 7.89. The molecule has 0 radical (unpaired) electrons. The topological polar surface area (TPSA) is 158 Å². The number of carbonyl (C=O) groups is 2. The van der Waals surface area contributed by atoms with Gasteiger partial charge in [-0.3, -0.25) is 15.0 Å². The Labute approximate surface area is 179 Å². The number of fused-ring (bicyclic) bond motifs is 2. The number of non-ortho nitro benzene ring substituents is 1. The molecule has 3 aliphatic rings. The van der Waals surface area contributed by atoms with Crippen LogP contribution in [0.2, 0.25) is 0 Å². The van der Waals surface area contributed by atoms with E-state index in [9.17, 15) is 18.5 Å². The van der Waals surface area contributed by atoms with Crippen molar-refractivity contribution in [3.8, 4) is 0 Å². The Hall–Kier alpha value is -2.57. The van der Waals surface area contributed by atoms with Gasteiger partial charge in [-0.05, 0) is 43.2 Å². The van der Waals surface area contributed by atoms with Crippen LogP contribution in [0, 0.1) is 22.0 Å². The first-order chi connectivity index (χ1) is 14.6. The molecule has 2 bridgehead atoms. The van der Waals surface area contributed by atoms with Crippen LogP contribution in [0.5, 0.6) is 0 Å². The van der Waals surface area contributed by atoms with E-state index in [4.69, 9.17) is 19.8 Å². The number of nitrogens with zero attached hydrogens (tertiary/aromatic N) is 3. The predicted octanol–water partition coefficient (Wildman–Crippen LogP) is 1.25. The zero-order valence-electron chi connectivity index (χ0n) is 16.8. The van der Waals surface area contributed by atoms with Gasteiger partial charge in [-0.15, -0.1) is 0 Å². The van der Waals surface area contributed by atoms with Gasteiger partial charge in [0.25, 0.3) is 5.69 Å². The van der Waals surface area contributed by atoms with Crippen LogP contribution in [-0.4, -0.2) is 76.9 Å². The van der Waals surface area contributed by atoms with Crippen molar-refractivity contribution >= 4 is 27.6 Å². The molecule has 2 N–H and O–H groups in total. The fraction of sp³-hybridized carbons (Fsp3) is 0.579. The summed E-state index contributed by atoms with van der Waals surface area (Å²) in [5, 5.41) is 25.5. The Bertz CT molecular complexity index is 929. The van der Waals surface area contributed by atoms with Gasteiger partial charge in [-0.25, -0.2) is 18.0 Å². The van der Waals surface area contributed by atoms with Crippen molar-refractivity contribution < 1.29 is 33.1 Å². The van der Waals surface area contributed by atoms with Gasteiger partial charge in [-0.2, -0.15) is 4.31 Å². The molecule has 3 fully saturated rings. The Balaban J connectivity index is 0.000000401. The number of sulfonamides is 1. The molecule has 0 spiro atoms. The van der Waals surface area contributed by atoms with Crippen molar-refractivity contribution in [3.05, 3.63) is 34.4 Å². The summed E-state index contributed by atoms with van der Waals surface area (Å²) in [5.74, 6) is -1.95. The molecule has 1 heterocycles. The first-order valence-electron chi connectivity index (χ1n) is 10.0. The summed E-state index contributed by atoms with van der Waals surface area (Å²) in [6.45, 7) is 2.54. The van der Waals surface area contributed by atoms with Crippen LogP contribution in [0.15, 0.2) is 29.2 Å². The van der Waals surface area contributed by atoms with E-state index in [1.54, 1.807) is 0 Å². The molecule has 2 saturated carbocycles. The van der Waals surface area contributed by atoms with Crippen LogP contribution in [0.3, 0.4) is 0 Å². The summed E-state index contributed by atoms with van der Waals surface area (Å²) in [4.78, 5) is 31.0. The molecule has 1 aliphatic heterocycles. The molecule has 2 aliphatic carbocycles. The van der Waals surface area contributed by atoms with Gasteiger partial charge in [0.15, 0.2) is 0 Å². The summed E-state index contributed by atoms with van der Waals surface area (Å²) in [5.41, 5.74) is -0.0972. The minimum absolute atomic E-state index is 0.0972. The number of rotatable bonds is 4. The van der Waals surface area contributed by atoms with E-state index in [2.05, 4.69) is 4.90 Å². The zero-order valence-corrected chi connectivity index (χ0v) is 17.6. The quantitative estimate of drug-likeness (QED) is 0.387. The number of aliphatic carboxylic acids is 2. The Morgan fingerprint density at radius 1 is 0.968 bits per heavy atom. The molecular formula is C19H25N3O8S. The van der Waals surface area contributed by atoms with Gasteiger partial charge in [0.1, 0.15) is 0 Å². The maximum absolute atomic E-state index is 12.8. The van der Waals surface area contributed by atoms with Crippen molar-refractivity contribution in [1.82, 2.24) is 9.21 Å². The highest BCUT2D eigenvalue weighted by Crippen LogP contribution is 2.46. The lowest BCUT2D eigenvalue weighted by atomic mass is 9.93. The van der Waals surface area contributed by atoms with Crippen molar-refractivity contribution in [1.29, 1.82) is 0 Å². The van der Waals surface area contributed by atoms with Gasteiger partial charge in [-0.1, -0.05) is 6.42 Å². The van der Waals surface area contributed by atoms with E-state index in [0.717, 1.165) is 24.9 Å². The number of carboxylic acid groups (broad SMARTS) is 2. The second-order valence-corrected chi connectivity index (χ2v) is 9.98. The van der Waals surface area contributed by atoms with Crippen LogP contribution in [0.4, 0.5) is 5.69 Å². The van der Waals surface area contributed by atoms with Gasteiger partial charge < -0.3 is 10.2 Å². The average Bonchev–Trinajstić information content (AvgIpc) is 3.38. The second-order valence-electron chi connectivity index (χ2n) is 8.04. The van der Waals surface area contributed by atoms with Crippen molar-refractivity contribution in [2.45, 2.75) is 36.6 Å². The molecule has 170 valence electrons. The van der Waals surface area contributed by atoms with Gasteiger partial charge >= 0.3 is 11.9 Å². The number of piperazine rings is 1. The number of carboxylic acids is 2. The van der Waals surface area contributed by atoms with Crippen LogP contribution >= 0.6 is 0 Å². The van der Waals surface area contributed by atoms with E-state index in [0.29, 0.717) is 19.1 Å². The molecule has 11 nitrogen and oxygen atoms in total. The van der Waals surface area contributed by atoms with Crippen molar-refractivity contribution in [3.63, 3.8) is 0 Å². The highest BCUT2D eigenvalue weighted by atomic mass is 32.2. The number of hydrogen-bond acceptors (Lipinski definition) is 7. The molecule has 1 aromatic carbocycles. The summed E-state index contributed by atoms with van der Waals surface area (Å²) in [7, 11) is -3.58. The lowest BCUT2D eigenvalue weighted by molar-refractivity contribution is -0.384. The summed E-state index contributed by atoms with van der Waals surface area (Å²) < 4.78 is 27.0. The molecule has 31 heavy (non-hydrogen) atoms. The molecule has 3 atom stereocenters. The number of benzene rings is 1. The molecular weight excluding hydrogens is 430 g/mol. The average molecular weight is 455 g/mol. The minimum Gasteiger partial charge on any atom is -0.473 e. The smallest absolute Gasteiger partial charge is 0.414 e. The van der Waals surface area contributed by atoms with E-state index in [1.807, 2.05) is 0 Å². The molecule has 12 heteroatoms. The van der Waals surface area contributed by atoms with Crippen molar-refractivity contribution in [2.24, 2.45) is 11.8 Å². The third-order valence-corrected chi connectivity index (χ3v) is 8.22. The highest BCUT2D eigenvalue weighted by Gasteiger charge is 2.43. The van der Waals surface area contributed by atoms with Crippen LogP contribution in [0.25, 0.3) is 0 Å². The maximum atomic E-state index is 12.8. The summed E-state index contributed by atoms with van der Waals surface area (Å²) in [6.07, 6.45) is 5.33. The van der Waals surface area contributed by atoms with Crippen LogP contribution in [-0.2, 0) is 19.6 Å². The zero-order chi connectivity index (χ0) is 22.8. The van der Waals surface area contributed by atoms with Gasteiger partial charge in [0.2, 0.25) is 10.0 Å². The largest absolute Gasteiger partial charge is 0.473 e. The predicted molar refractivity (Wildman–Crippen MR) is 108 cm³/mol. The molecule has 1 aromatic rings.